The molecule has 0 aromatic heterocycles. The first-order chi connectivity index (χ1) is 10.1. The number of likely N-dealkylation sites (tertiary alicyclic amines) is 1. The fourth-order valence-corrected chi connectivity index (χ4v) is 3.60. The molecule has 2 heterocycles. The van der Waals surface area contributed by atoms with E-state index in [2.05, 4.69) is 0 Å². The van der Waals surface area contributed by atoms with Crippen LogP contribution in [0.2, 0.25) is 0 Å². The second kappa shape index (κ2) is 5.60. The quantitative estimate of drug-likeness (QED) is 0.823. The van der Waals surface area contributed by atoms with Gasteiger partial charge < -0.3 is 4.90 Å². The van der Waals surface area contributed by atoms with Crippen molar-refractivity contribution in [2.45, 2.75) is 39.2 Å². The number of hydrogen-bond donors (Lipinski definition) is 1. The number of nitrogens with zero attached hydrogens (tertiary/aromatic N) is 1. The summed E-state index contributed by atoms with van der Waals surface area (Å²) in [5, 5.41) is 0. The first-order valence-electron chi connectivity index (χ1n) is 7.88. The first kappa shape index (κ1) is 14.3. The van der Waals surface area contributed by atoms with Gasteiger partial charge in [-0.2, -0.15) is 0 Å². The number of hydrogen-bond acceptors (Lipinski definition) is 2. The Kier molecular flexibility index (Phi) is 3.81. The molecule has 1 N–H and O–H groups in total. The minimum absolute atomic E-state index is 0.0201. The van der Waals surface area contributed by atoms with Gasteiger partial charge in [-0.15, -0.1) is 0 Å². The van der Waals surface area contributed by atoms with Gasteiger partial charge in [-0.3, -0.25) is 9.59 Å². The number of piperidine rings is 1. The van der Waals surface area contributed by atoms with Gasteiger partial charge in [0.05, 0.1) is 24.7 Å². The van der Waals surface area contributed by atoms with E-state index in [1.54, 1.807) is 0 Å². The van der Waals surface area contributed by atoms with Crippen molar-refractivity contribution in [3.8, 4) is 0 Å². The van der Waals surface area contributed by atoms with Crippen LogP contribution in [0.5, 0.6) is 0 Å². The van der Waals surface area contributed by atoms with Gasteiger partial charge in [0.25, 0.3) is 5.91 Å². The van der Waals surface area contributed by atoms with Crippen LogP contribution in [0, 0.1) is 12.8 Å². The van der Waals surface area contributed by atoms with Crippen LogP contribution in [0.1, 0.15) is 31.7 Å². The van der Waals surface area contributed by atoms with Crippen LogP contribution in [-0.4, -0.2) is 30.9 Å². The third kappa shape index (κ3) is 2.48. The number of rotatable bonds is 2. The van der Waals surface area contributed by atoms with Gasteiger partial charge in [0.1, 0.15) is 0 Å². The number of nitrogens with one attached hydrogen (secondary N) is 1. The molecule has 0 spiro atoms. The van der Waals surface area contributed by atoms with Crippen molar-refractivity contribution >= 4 is 17.5 Å². The third-order valence-corrected chi connectivity index (χ3v) is 4.82. The van der Waals surface area contributed by atoms with Crippen LogP contribution in [-0.2, 0) is 9.59 Å². The molecule has 1 aromatic carbocycles. The highest BCUT2D eigenvalue weighted by Crippen LogP contribution is 2.26. The van der Waals surface area contributed by atoms with Gasteiger partial charge in [-0.05, 0) is 45.2 Å². The van der Waals surface area contributed by atoms with Crippen LogP contribution in [0.25, 0.3) is 0 Å². The standard InChI is InChI=1S/C17H22N2O2/c1-12-6-8-14(9-7-12)19-16(20)13(2)15(17(19)21)18-10-4-3-5-11-18/h6-9,13,15H,3-5,10-11H2,1-2H3/p+1/t13-,15-/m0/s1. The molecule has 0 bridgehead atoms. The lowest BCUT2D eigenvalue weighted by atomic mass is 10.0. The van der Waals surface area contributed by atoms with Crippen molar-refractivity contribution in [3.63, 3.8) is 0 Å². The summed E-state index contributed by atoms with van der Waals surface area (Å²) < 4.78 is 0. The molecule has 4 heteroatoms. The molecule has 3 rings (SSSR count). The van der Waals surface area contributed by atoms with Gasteiger partial charge in [0.15, 0.2) is 6.04 Å². The summed E-state index contributed by atoms with van der Waals surface area (Å²) in [5.41, 5.74) is 1.84. The lowest BCUT2D eigenvalue weighted by molar-refractivity contribution is -0.922. The van der Waals surface area contributed by atoms with Crippen LogP contribution in [0.15, 0.2) is 24.3 Å². The molecule has 1 aromatic rings. The summed E-state index contributed by atoms with van der Waals surface area (Å²) in [6, 6.07) is 7.43. The minimum atomic E-state index is -0.216. The fourth-order valence-electron chi connectivity index (χ4n) is 3.60. The molecule has 2 saturated heterocycles. The van der Waals surface area contributed by atoms with Crippen molar-refractivity contribution in [1.29, 1.82) is 0 Å². The predicted octanol–water partition coefficient (Wildman–Crippen LogP) is 0.942. The molecule has 2 fully saturated rings. The Hall–Kier alpha value is -1.68. The first-order valence-corrected chi connectivity index (χ1v) is 7.88. The van der Waals surface area contributed by atoms with Crippen LogP contribution < -0.4 is 9.80 Å². The predicted molar refractivity (Wildman–Crippen MR) is 81.2 cm³/mol. The Bertz CT molecular complexity index is 546. The van der Waals surface area contributed by atoms with E-state index in [9.17, 15) is 9.59 Å². The second-order valence-corrected chi connectivity index (χ2v) is 6.33. The molecule has 0 aliphatic carbocycles. The number of amides is 2. The molecule has 2 aliphatic rings. The van der Waals surface area contributed by atoms with Crippen LogP contribution in [0.3, 0.4) is 0 Å². The number of imide groups is 1. The van der Waals surface area contributed by atoms with Crippen LogP contribution in [0.4, 0.5) is 5.69 Å². The second-order valence-electron chi connectivity index (χ2n) is 6.33. The van der Waals surface area contributed by atoms with Crippen molar-refractivity contribution in [3.05, 3.63) is 29.8 Å². The maximum atomic E-state index is 12.8. The molecule has 21 heavy (non-hydrogen) atoms. The molecular formula is C17H23N2O2+. The highest BCUT2D eigenvalue weighted by Gasteiger charge is 2.51. The zero-order chi connectivity index (χ0) is 15.0. The summed E-state index contributed by atoms with van der Waals surface area (Å²) >= 11 is 0. The number of quaternary nitrogens is 1. The van der Waals surface area contributed by atoms with E-state index in [1.165, 1.54) is 16.2 Å². The van der Waals surface area contributed by atoms with Crippen LogP contribution >= 0.6 is 0 Å². The number of aryl methyl sites for hydroxylation is 1. The van der Waals surface area contributed by atoms with E-state index in [0.29, 0.717) is 5.69 Å². The summed E-state index contributed by atoms with van der Waals surface area (Å²) in [7, 11) is 0. The van der Waals surface area contributed by atoms with E-state index in [-0.39, 0.29) is 23.8 Å². The number of carbonyl (C=O) groups excluding carboxylic acids is 2. The minimum Gasteiger partial charge on any atom is -0.324 e. The molecule has 2 amide bonds. The Balaban J connectivity index is 1.87. The SMILES string of the molecule is Cc1ccc(N2C(=O)[C@@H](C)[C@H]([NH+]3CCCCC3)C2=O)cc1. The van der Waals surface area contributed by atoms with Crippen molar-refractivity contribution in [2.24, 2.45) is 5.92 Å². The largest absolute Gasteiger partial charge is 0.324 e. The van der Waals surface area contributed by atoms with Gasteiger partial charge in [0, 0.05) is 0 Å². The molecule has 2 aliphatic heterocycles. The van der Waals surface area contributed by atoms with Crippen molar-refractivity contribution in [1.82, 2.24) is 0 Å². The van der Waals surface area contributed by atoms with Gasteiger partial charge in [-0.25, -0.2) is 4.90 Å². The average Bonchev–Trinajstić information content (AvgIpc) is 2.72. The summed E-state index contributed by atoms with van der Waals surface area (Å²) in [4.78, 5) is 28.0. The zero-order valence-electron chi connectivity index (χ0n) is 12.8. The van der Waals surface area contributed by atoms with E-state index in [4.69, 9.17) is 0 Å². The molecule has 0 unspecified atom stereocenters. The number of anilines is 1. The Morgan fingerprint density at radius 3 is 2.24 bits per heavy atom. The smallest absolute Gasteiger partial charge is 0.292 e. The van der Waals surface area contributed by atoms with Crippen molar-refractivity contribution < 1.29 is 14.5 Å². The van der Waals surface area contributed by atoms with E-state index >= 15 is 0 Å². The topological polar surface area (TPSA) is 41.8 Å². The number of benzene rings is 1. The van der Waals surface area contributed by atoms with Gasteiger partial charge in [-0.1, -0.05) is 17.7 Å². The normalized spacial score (nSPS) is 27.4. The van der Waals surface area contributed by atoms with E-state index in [0.717, 1.165) is 31.5 Å². The Morgan fingerprint density at radius 2 is 1.62 bits per heavy atom. The summed E-state index contributed by atoms with van der Waals surface area (Å²) in [6.07, 6.45) is 3.56. The summed E-state index contributed by atoms with van der Waals surface area (Å²) in [6.45, 7) is 5.92. The monoisotopic (exact) mass is 287 g/mol. The van der Waals surface area contributed by atoms with Crippen molar-refractivity contribution in [2.75, 3.05) is 18.0 Å². The highest BCUT2D eigenvalue weighted by atomic mass is 16.2. The molecule has 0 saturated carbocycles. The Morgan fingerprint density at radius 1 is 1.00 bits per heavy atom. The molecule has 4 nitrogen and oxygen atoms in total. The third-order valence-electron chi connectivity index (χ3n) is 4.82. The highest BCUT2D eigenvalue weighted by molar-refractivity contribution is 6.22. The van der Waals surface area contributed by atoms with E-state index < -0.39 is 0 Å². The van der Waals surface area contributed by atoms with Gasteiger partial charge >= 0.3 is 0 Å². The molecule has 112 valence electrons. The lowest BCUT2D eigenvalue weighted by Crippen LogP contribution is -3.18. The van der Waals surface area contributed by atoms with E-state index in [1.807, 2.05) is 38.1 Å². The number of carbonyl (C=O) groups is 2. The fraction of sp³-hybridized carbons (Fsp3) is 0.529. The Labute approximate surface area is 125 Å². The zero-order valence-corrected chi connectivity index (χ0v) is 12.8. The maximum Gasteiger partial charge on any atom is 0.292 e. The molecular weight excluding hydrogens is 264 g/mol. The molecule has 2 atom stereocenters. The summed E-state index contributed by atoms with van der Waals surface area (Å²) in [5.74, 6) is -0.285. The van der Waals surface area contributed by atoms with Gasteiger partial charge in [0.2, 0.25) is 5.91 Å². The average molecular weight is 287 g/mol. The lowest BCUT2D eigenvalue weighted by Gasteiger charge is -2.29. The maximum absolute atomic E-state index is 12.8. The molecule has 0 radical (unpaired) electrons.